The molecule has 0 aliphatic heterocycles. The van der Waals surface area contributed by atoms with Crippen LogP contribution in [0.25, 0.3) is 27.9 Å². The number of hydrogen-bond donors (Lipinski definition) is 0. The number of benzene rings is 1. The van der Waals surface area contributed by atoms with E-state index in [0.717, 1.165) is 16.8 Å². The van der Waals surface area contributed by atoms with E-state index in [1.54, 1.807) is 11.6 Å². The molecular formula is C18H17ClN6O2. The zero-order chi connectivity index (χ0) is 19.0. The van der Waals surface area contributed by atoms with Gasteiger partial charge in [-0.3, -0.25) is 9.36 Å². The lowest BCUT2D eigenvalue weighted by atomic mass is 10.1. The van der Waals surface area contributed by atoms with E-state index in [0.29, 0.717) is 35.9 Å². The van der Waals surface area contributed by atoms with Crippen LogP contribution in [-0.4, -0.2) is 43.1 Å². The average molecular weight is 385 g/mol. The average Bonchev–Trinajstić information content (AvgIpc) is 3.00. The highest BCUT2D eigenvalue weighted by Gasteiger charge is 2.18. The van der Waals surface area contributed by atoms with Crippen molar-refractivity contribution in [1.82, 2.24) is 29.4 Å². The monoisotopic (exact) mass is 384 g/mol. The Labute approximate surface area is 159 Å². The van der Waals surface area contributed by atoms with Gasteiger partial charge in [0, 0.05) is 25.3 Å². The Hall–Kier alpha value is -2.84. The van der Waals surface area contributed by atoms with Crippen molar-refractivity contribution >= 4 is 28.4 Å². The van der Waals surface area contributed by atoms with Gasteiger partial charge in [-0.25, -0.2) is 4.98 Å². The number of nitrogens with zero attached hydrogens (tertiary/aromatic N) is 6. The fourth-order valence-corrected chi connectivity index (χ4v) is 3.18. The molecule has 0 aliphatic carbocycles. The third kappa shape index (κ3) is 3.07. The maximum Gasteiger partial charge on any atom is 0.283 e. The number of aromatic nitrogens is 6. The second-order valence-electron chi connectivity index (χ2n) is 6.16. The minimum Gasteiger partial charge on any atom is -0.385 e. The van der Waals surface area contributed by atoms with Crippen molar-refractivity contribution in [2.45, 2.75) is 19.9 Å². The van der Waals surface area contributed by atoms with Crippen LogP contribution in [0.15, 0.2) is 35.4 Å². The third-order valence-electron chi connectivity index (χ3n) is 4.36. The summed E-state index contributed by atoms with van der Waals surface area (Å²) >= 11 is 5.98. The molecule has 0 saturated heterocycles. The van der Waals surface area contributed by atoms with Crippen molar-refractivity contribution in [2.24, 2.45) is 0 Å². The smallest absolute Gasteiger partial charge is 0.283 e. The topological polar surface area (TPSA) is 87.2 Å². The first-order valence-electron chi connectivity index (χ1n) is 8.46. The second-order valence-corrected chi connectivity index (χ2v) is 6.60. The highest BCUT2D eigenvalue weighted by atomic mass is 35.5. The molecule has 1 aromatic carbocycles. The standard InChI is InChI=1S/C18H17ClN6O2/c1-11-14(12-4-6-13(19)7-5-12)16-22-21-15-17(25(16)23-11)20-10-24(18(15)26)8-3-9-27-2/h4-7,10H,3,8-9H2,1-2H3. The van der Waals surface area contributed by atoms with E-state index in [-0.39, 0.29) is 11.1 Å². The summed E-state index contributed by atoms with van der Waals surface area (Å²) in [6.07, 6.45) is 2.22. The van der Waals surface area contributed by atoms with Gasteiger partial charge in [-0.2, -0.15) is 9.61 Å². The summed E-state index contributed by atoms with van der Waals surface area (Å²) in [7, 11) is 1.63. The van der Waals surface area contributed by atoms with Gasteiger partial charge in [0.25, 0.3) is 5.56 Å². The maximum absolute atomic E-state index is 12.7. The summed E-state index contributed by atoms with van der Waals surface area (Å²) in [5, 5.41) is 13.6. The molecule has 138 valence electrons. The highest BCUT2D eigenvalue weighted by Crippen LogP contribution is 2.28. The van der Waals surface area contributed by atoms with Crippen LogP contribution in [0.3, 0.4) is 0 Å². The number of halogens is 1. The quantitative estimate of drug-likeness (QED) is 0.491. The number of aryl methyl sites for hydroxylation is 2. The van der Waals surface area contributed by atoms with Gasteiger partial charge >= 0.3 is 0 Å². The number of ether oxygens (including phenoxy) is 1. The molecule has 0 saturated carbocycles. The molecular weight excluding hydrogens is 368 g/mol. The number of hydrogen-bond acceptors (Lipinski definition) is 6. The van der Waals surface area contributed by atoms with Gasteiger partial charge in [0.2, 0.25) is 0 Å². The summed E-state index contributed by atoms with van der Waals surface area (Å²) in [5.74, 6) is 0. The molecule has 0 bridgehead atoms. The molecule has 0 amide bonds. The number of methoxy groups -OCH3 is 1. The Kier molecular flexibility index (Phi) is 4.59. The molecule has 27 heavy (non-hydrogen) atoms. The molecule has 4 aromatic rings. The fraction of sp³-hybridized carbons (Fsp3) is 0.278. The summed E-state index contributed by atoms with van der Waals surface area (Å²) in [4.78, 5) is 17.1. The Morgan fingerprint density at radius 2 is 1.93 bits per heavy atom. The Morgan fingerprint density at radius 1 is 1.15 bits per heavy atom. The lowest BCUT2D eigenvalue weighted by molar-refractivity contribution is 0.190. The first kappa shape index (κ1) is 17.6. The largest absolute Gasteiger partial charge is 0.385 e. The van der Waals surface area contributed by atoms with E-state index in [1.165, 1.54) is 10.9 Å². The molecule has 0 N–H and O–H groups in total. The van der Waals surface area contributed by atoms with Gasteiger partial charge in [-0.1, -0.05) is 23.7 Å². The summed E-state index contributed by atoms with van der Waals surface area (Å²) in [6, 6.07) is 7.43. The van der Waals surface area contributed by atoms with E-state index in [9.17, 15) is 4.79 Å². The van der Waals surface area contributed by atoms with Gasteiger partial charge in [-0.05, 0) is 31.0 Å². The van der Waals surface area contributed by atoms with Crippen LogP contribution >= 0.6 is 11.6 Å². The van der Waals surface area contributed by atoms with Crippen LogP contribution in [0.5, 0.6) is 0 Å². The van der Waals surface area contributed by atoms with Crippen LogP contribution < -0.4 is 5.56 Å². The van der Waals surface area contributed by atoms with Crippen molar-refractivity contribution in [3.63, 3.8) is 0 Å². The molecule has 0 radical (unpaired) electrons. The zero-order valence-corrected chi connectivity index (χ0v) is 15.6. The van der Waals surface area contributed by atoms with E-state index < -0.39 is 0 Å². The van der Waals surface area contributed by atoms with E-state index in [4.69, 9.17) is 16.3 Å². The molecule has 0 spiro atoms. The summed E-state index contributed by atoms with van der Waals surface area (Å²) in [6.45, 7) is 2.96. The van der Waals surface area contributed by atoms with Crippen LogP contribution in [0.2, 0.25) is 5.02 Å². The molecule has 0 unspecified atom stereocenters. The van der Waals surface area contributed by atoms with Gasteiger partial charge in [0.15, 0.2) is 16.8 Å². The van der Waals surface area contributed by atoms with Gasteiger partial charge in [0.1, 0.15) is 6.33 Å². The molecule has 3 heterocycles. The minimum atomic E-state index is -0.244. The van der Waals surface area contributed by atoms with E-state index in [1.807, 2.05) is 31.2 Å². The van der Waals surface area contributed by atoms with Gasteiger partial charge < -0.3 is 4.74 Å². The maximum atomic E-state index is 12.7. The first-order valence-corrected chi connectivity index (χ1v) is 8.84. The molecule has 0 atom stereocenters. The minimum absolute atomic E-state index is 0.188. The van der Waals surface area contributed by atoms with Crippen LogP contribution in [-0.2, 0) is 11.3 Å². The molecule has 3 aromatic heterocycles. The third-order valence-corrected chi connectivity index (χ3v) is 4.61. The fourth-order valence-electron chi connectivity index (χ4n) is 3.06. The van der Waals surface area contributed by atoms with Crippen molar-refractivity contribution in [3.05, 3.63) is 51.7 Å². The number of fused-ring (bicyclic) bond motifs is 3. The van der Waals surface area contributed by atoms with Crippen molar-refractivity contribution < 1.29 is 4.74 Å². The second kappa shape index (κ2) is 7.05. The van der Waals surface area contributed by atoms with Crippen molar-refractivity contribution in [3.8, 4) is 11.1 Å². The van der Waals surface area contributed by atoms with Crippen LogP contribution in [0.1, 0.15) is 12.1 Å². The zero-order valence-electron chi connectivity index (χ0n) is 14.9. The van der Waals surface area contributed by atoms with Crippen LogP contribution in [0, 0.1) is 6.92 Å². The lowest BCUT2D eigenvalue weighted by Crippen LogP contribution is -2.23. The molecule has 9 heteroatoms. The normalized spacial score (nSPS) is 11.5. The SMILES string of the molecule is COCCCn1cnc2c(nnc3c(-c4ccc(Cl)cc4)c(C)nn32)c1=O. The molecule has 4 rings (SSSR count). The molecule has 8 nitrogen and oxygen atoms in total. The number of rotatable bonds is 5. The van der Waals surface area contributed by atoms with Crippen LogP contribution in [0.4, 0.5) is 0 Å². The highest BCUT2D eigenvalue weighted by molar-refractivity contribution is 6.30. The summed E-state index contributed by atoms with van der Waals surface area (Å²) in [5.41, 5.74) is 3.41. The van der Waals surface area contributed by atoms with Gasteiger partial charge in [0.05, 0.1) is 11.3 Å². The van der Waals surface area contributed by atoms with Crippen molar-refractivity contribution in [2.75, 3.05) is 13.7 Å². The lowest BCUT2D eigenvalue weighted by Gasteiger charge is -2.06. The Balaban J connectivity index is 1.87. The van der Waals surface area contributed by atoms with Gasteiger partial charge in [-0.15, -0.1) is 10.2 Å². The predicted molar refractivity (Wildman–Crippen MR) is 102 cm³/mol. The molecule has 0 fully saturated rings. The predicted octanol–water partition coefficient (Wildman–Crippen LogP) is 2.50. The molecule has 0 aliphatic rings. The van der Waals surface area contributed by atoms with E-state index in [2.05, 4.69) is 20.3 Å². The first-order chi connectivity index (χ1) is 13.1. The van der Waals surface area contributed by atoms with Crippen molar-refractivity contribution in [1.29, 1.82) is 0 Å². The Morgan fingerprint density at radius 3 is 2.67 bits per heavy atom. The van der Waals surface area contributed by atoms with E-state index >= 15 is 0 Å². The Bertz CT molecular complexity index is 1180. The summed E-state index contributed by atoms with van der Waals surface area (Å²) < 4.78 is 8.11.